The van der Waals surface area contributed by atoms with Gasteiger partial charge in [0.1, 0.15) is 0 Å². The smallest absolute Gasteiger partial charge is 0.213 e. The van der Waals surface area contributed by atoms with Gasteiger partial charge in [-0.2, -0.15) is 17.0 Å². The molecule has 1 atom stereocenters. The monoisotopic (exact) mass is 220 g/mol. The Balaban J connectivity index is 2.29. The number of sulfonamides is 1. The molecule has 1 N–H and O–H groups in total. The molecule has 1 heterocycles. The Labute approximate surface area is 82.7 Å². The summed E-state index contributed by atoms with van der Waals surface area (Å²) in [5.41, 5.74) is 0. The van der Waals surface area contributed by atoms with Crippen LogP contribution in [0.1, 0.15) is 12.8 Å². The van der Waals surface area contributed by atoms with E-state index in [9.17, 15) is 8.42 Å². The molecule has 1 saturated heterocycles. The summed E-state index contributed by atoms with van der Waals surface area (Å²) >= 11 is 1.79. The third-order valence-electron chi connectivity index (χ3n) is 1.81. The van der Waals surface area contributed by atoms with Crippen molar-refractivity contribution in [3.63, 3.8) is 0 Å². The molecule has 0 saturated carbocycles. The minimum absolute atomic E-state index is 0.397. The lowest BCUT2D eigenvalue weighted by Gasteiger charge is -2.08. The topological polar surface area (TPSA) is 70.0 Å². The molecule has 1 aliphatic heterocycles. The average Bonchev–Trinajstić information content (AvgIpc) is 2.52. The second-order valence-electron chi connectivity index (χ2n) is 2.90. The van der Waals surface area contributed by atoms with Crippen LogP contribution in [0, 0.1) is 11.3 Å². The van der Waals surface area contributed by atoms with Gasteiger partial charge in [-0.25, -0.2) is 13.1 Å². The Kier molecular flexibility index (Phi) is 4.03. The maximum absolute atomic E-state index is 11.0. The number of hydrogen-bond donors (Lipinski definition) is 1. The van der Waals surface area contributed by atoms with Gasteiger partial charge in [0.25, 0.3) is 0 Å². The molecule has 0 aliphatic carbocycles. The maximum Gasteiger partial charge on any atom is 0.225 e. The maximum atomic E-state index is 11.0. The molecule has 1 fully saturated rings. The average molecular weight is 220 g/mol. The van der Waals surface area contributed by atoms with E-state index in [0.29, 0.717) is 11.8 Å². The van der Waals surface area contributed by atoms with Gasteiger partial charge in [0.2, 0.25) is 10.0 Å². The molecule has 13 heavy (non-hydrogen) atoms. The Morgan fingerprint density at radius 1 is 1.62 bits per heavy atom. The van der Waals surface area contributed by atoms with E-state index in [1.54, 1.807) is 17.8 Å². The fourth-order valence-corrected chi connectivity index (χ4v) is 3.20. The molecule has 0 aromatic carbocycles. The highest BCUT2D eigenvalue weighted by atomic mass is 32.2. The molecule has 0 radical (unpaired) electrons. The van der Waals surface area contributed by atoms with Crippen molar-refractivity contribution in [1.29, 1.82) is 5.26 Å². The van der Waals surface area contributed by atoms with Crippen molar-refractivity contribution in [2.75, 3.05) is 18.1 Å². The summed E-state index contributed by atoms with van der Waals surface area (Å²) in [7, 11) is -3.34. The molecular formula is C7H12N2O2S2. The van der Waals surface area contributed by atoms with Crippen molar-refractivity contribution < 1.29 is 8.42 Å². The fourth-order valence-electron chi connectivity index (χ4n) is 1.16. The van der Waals surface area contributed by atoms with Crippen LogP contribution in [-0.2, 0) is 10.0 Å². The van der Waals surface area contributed by atoms with E-state index >= 15 is 0 Å². The molecule has 4 nitrogen and oxygen atoms in total. The molecule has 6 heteroatoms. The van der Waals surface area contributed by atoms with Gasteiger partial charge >= 0.3 is 0 Å². The van der Waals surface area contributed by atoms with Gasteiger partial charge in [0, 0.05) is 11.8 Å². The second-order valence-corrected chi connectivity index (χ2v) is 6.12. The first kappa shape index (κ1) is 10.8. The summed E-state index contributed by atoms with van der Waals surface area (Å²) in [6.07, 6.45) is 2.23. The van der Waals surface area contributed by atoms with Crippen molar-refractivity contribution in [1.82, 2.24) is 4.72 Å². The summed E-state index contributed by atoms with van der Waals surface area (Å²) in [6.45, 7) is 0.467. The third-order valence-corrected chi connectivity index (χ3v) is 4.32. The van der Waals surface area contributed by atoms with Gasteiger partial charge in [-0.3, -0.25) is 0 Å². The first-order valence-electron chi connectivity index (χ1n) is 4.10. The van der Waals surface area contributed by atoms with Crippen LogP contribution in [0.4, 0.5) is 0 Å². The van der Waals surface area contributed by atoms with Crippen LogP contribution in [0.15, 0.2) is 0 Å². The zero-order chi connectivity index (χ0) is 9.73. The van der Waals surface area contributed by atoms with E-state index in [1.807, 2.05) is 0 Å². The lowest BCUT2D eigenvalue weighted by molar-refractivity contribution is 0.582. The first-order chi connectivity index (χ1) is 6.14. The van der Waals surface area contributed by atoms with Crippen molar-refractivity contribution in [2.24, 2.45) is 0 Å². The van der Waals surface area contributed by atoms with Crippen LogP contribution in [0.25, 0.3) is 0 Å². The molecule has 0 aromatic heterocycles. The molecule has 1 rings (SSSR count). The number of thioether (sulfide) groups is 1. The van der Waals surface area contributed by atoms with E-state index in [0.717, 1.165) is 18.6 Å². The minimum Gasteiger partial charge on any atom is -0.213 e. The lowest BCUT2D eigenvalue weighted by Crippen LogP contribution is -2.31. The molecular weight excluding hydrogens is 208 g/mol. The number of nitrogens with one attached hydrogen (secondary N) is 1. The zero-order valence-electron chi connectivity index (χ0n) is 7.19. The lowest BCUT2D eigenvalue weighted by atomic mass is 10.2. The van der Waals surface area contributed by atoms with Gasteiger partial charge in [-0.05, 0) is 18.6 Å². The van der Waals surface area contributed by atoms with Crippen LogP contribution in [0.3, 0.4) is 0 Å². The predicted octanol–water partition coefficient (Wildman–Crippen LogP) is 0.325. The number of nitriles is 1. The SMILES string of the molecule is N#CCS(=O)(=O)NCC1CCCS1. The third kappa shape index (κ3) is 3.98. The summed E-state index contributed by atoms with van der Waals surface area (Å²) in [5.74, 6) is 0.676. The van der Waals surface area contributed by atoms with Crippen molar-refractivity contribution in [3.05, 3.63) is 0 Å². The van der Waals surface area contributed by atoms with E-state index in [2.05, 4.69) is 4.72 Å². The van der Waals surface area contributed by atoms with Crippen LogP contribution in [0.5, 0.6) is 0 Å². The fraction of sp³-hybridized carbons (Fsp3) is 0.857. The van der Waals surface area contributed by atoms with Crippen molar-refractivity contribution in [3.8, 4) is 6.07 Å². The van der Waals surface area contributed by atoms with E-state index in [1.165, 1.54) is 0 Å². The summed E-state index contributed by atoms with van der Waals surface area (Å²) in [4.78, 5) is 0. The quantitative estimate of drug-likeness (QED) is 0.741. The highest BCUT2D eigenvalue weighted by molar-refractivity contribution is 8.00. The summed E-state index contributed by atoms with van der Waals surface area (Å²) < 4.78 is 24.5. The molecule has 0 spiro atoms. The standard InChI is InChI=1S/C7H12N2O2S2/c8-3-5-13(10,11)9-6-7-2-1-4-12-7/h7,9H,1-2,4-6H2. The van der Waals surface area contributed by atoms with Crippen molar-refractivity contribution in [2.45, 2.75) is 18.1 Å². The van der Waals surface area contributed by atoms with Gasteiger partial charge in [-0.1, -0.05) is 0 Å². The van der Waals surface area contributed by atoms with E-state index in [-0.39, 0.29) is 0 Å². The number of hydrogen-bond acceptors (Lipinski definition) is 4. The number of rotatable bonds is 4. The van der Waals surface area contributed by atoms with Gasteiger partial charge in [-0.15, -0.1) is 0 Å². The Hall–Kier alpha value is -0.250. The highest BCUT2D eigenvalue weighted by Crippen LogP contribution is 2.25. The van der Waals surface area contributed by atoms with Crippen LogP contribution in [-0.4, -0.2) is 31.7 Å². The summed E-state index contributed by atoms with van der Waals surface area (Å²) in [6, 6.07) is 1.63. The van der Waals surface area contributed by atoms with Crippen molar-refractivity contribution >= 4 is 21.8 Å². The molecule has 1 unspecified atom stereocenters. The minimum atomic E-state index is -3.34. The van der Waals surface area contributed by atoms with Crippen LogP contribution >= 0.6 is 11.8 Å². The molecule has 0 amide bonds. The highest BCUT2D eigenvalue weighted by Gasteiger charge is 2.18. The zero-order valence-corrected chi connectivity index (χ0v) is 8.83. The van der Waals surface area contributed by atoms with E-state index in [4.69, 9.17) is 5.26 Å². The van der Waals surface area contributed by atoms with Gasteiger partial charge in [0.15, 0.2) is 5.75 Å². The molecule has 0 aromatic rings. The van der Waals surface area contributed by atoms with E-state index < -0.39 is 15.8 Å². The predicted molar refractivity (Wildman–Crippen MR) is 52.9 cm³/mol. The Morgan fingerprint density at radius 2 is 2.38 bits per heavy atom. The second kappa shape index (κ2) is 4.84. The molecule has 1 aliphatic rings. The normalized spacial score (nSPS) is 22.8. The largest absolute Gasteiger partial charge is 0.225 e. The van der Waals surface area contributed by atoms with Crippen LogP contribution in [0.2, 0.25) is 0 Å². The molecule has 0 bridgehead atoms. The number of nitrogens with zero attached hydrogens (tertiary/aromatic N) is 1. The summed E-state index contributed by atoms with van der Waals surface area (Å²) in [5, 5.41) is 8.62. The Bertz CT molecular complexity index is 288. The Morgan fingerprint density at radius 3 is 2.92 bits per heavy atom. The first-order valence-corrected chi connectivity index (χ1v) is 6.80. The van der Waals surface area contributed by atoms with Gasteiger partial charge in [0.05, 0.1) is 6.07 Å². The molecule has 74 valence electrons. The van der Waals surface area contributed by atoms with Crippen LogP contribution < -0.4 is 4.72 Å². The van der Waals surface area contributed by atoms with Gasteiger partial charge < -0.3 is 0 Å².